The van der Waals surface area contributed by atoms with E-state index < -0.39 is 0 Å². The molecule has 0 fully saturated rings. The van der Waals surface area contributed by atoms with Gasteiger partial charge in [-0.05, 0) is 71.6 Å². The Morgan fingerprint density at radius 3 is 2.00 bits per heavy atom. The molecule has 1 N–H and O–H groups in total. The first-order chi connectivity index (χ1) is 13.8. The predicted molar refractivity (Wildman–Crippen MR) is 125 cm³/mol. The van der Waals surface area contributed by atoms with Crippen LogP contribution in [0.5, 0.6) is 0 Å². The van der Waals surface area contributed by atoms with Gasteiger partial charge < -0.3 is 21.5 Å². The van der Waals surface area contributed by atoms with Crippen molar-refractivity contribution in [2.75, 3.05) is 19.1 Å². The molecule has 3 nitrogen and oxygen atoms in total. The highest BCUT2D eigenvalue weighted by atomic mass is 79.9. The molecule has 1 atom stereocenters. The smallest absolute Gasteiger partial charge is 0.110 e. The predicted octanol–water partition coefficient (Wildman–Crippen LogP) is 3.91. The zero-order valence-electron chi connectivity index (χ0n) is 19.7. The van der Waals surface area contributed by atoms with Gasteiger partial charge in [0.15, 0.2) is 0 Å². The molecule has 0 aliphatic heterocycles. The molecule has 1 unspecified atom stereocenters. The number of benzene rings is 2. The summed E-state index contributed by atoms with van der Waals surface area (Å²) in [5, 5.41) is 0. The summed E-state index contributed by atoms with van der Waals surface area (Å²) in [6.07, 6.45) is 4.76. The third-order valence-electron chi connectivity index (χ3n) is 6.51. The van der Waals surface area contributed by atoms with Crippen LogP contribution in [0.3, 0.4) is 0 Å². The van der Waals surface area contributed by atoms with Crippen LogP contribution >= 0.6 is 0 Å². The summed E-state index contributed by atoms with van der Waals surface area (Å²) in [7, 11) is 2.40. The number of rotatable bonds is 12. The largest absolute Gasteiger partial charge is 1.00 e. The van der Waals surface area contributed by atoms with Crippen LogP contribution in [0.15, 0.2) is 54.6 Å². The fraction of sp³-hybridized carbons (Fsp3) is 0.538. The van der Waals surface area contributed by atoms with Crippen LogP contribution in [-0.4, -0.2) is 30.2 Å². The van der Waals surface area contributed by atoms with E-state index in [2.05, 4.69) is 71.4 Å². The van der Waals surface area contributed by atoms with Gasteiger partial charge >= 0.3 is 0 Å². The fourth-order valence-electron chi connectivity index (χ4n) is 3.79. The van der Waals surface area contributed by atoms with Crippen molar-refractivity contribution in [1.29, 1.82) is 0 Å². The van der Waals surface area contributed by atoms with E-state index >= 15 is 0 Å². The van der Waals surface area contributed by atoms with Gasteiger partial charge in [-0.15, -0.1) is 0 Å². The molecule has 168 valence electrons. The SMILES string of the molecule is Cc1ccc(C(CCCCC[N+](C)(C(C)C)C(C)C)ONc2ccccc2)cc1.[Br-]. The van der Waals surface area contributed by atoms with Gasteiger partial charge in [0.2, 0.25) is 0 Å². The van der Waals surface area contributed by atoms with Crippen molar-refractivity contribution >= 4 is 5.69 Å². The second kappa shape index (κ2) is 13.1. The summed E-state index contributed by atoms with van der Waals surface area (Å²) < 4.78 is 1.15. The van der Waals surface area contributed by atoms with Crippen LogP contribution in [0.25, 0.3) is 0 Å². The summed E-state index contributed by atoms with van der Waals surface area (Å²) in [6, 6.07) is 20.2. The lowest BCUT2D eigenvalue weighted by molar-refractivity contribution is -0.949. The molecule has 0 aromatic heterocycles. The van der Waals surface area contributed by atoms with Gasteiger partial charge in [0.05, 0.1) is 31.4 Å². The highest BCUT2D eigenvalue weighted by molar-refractivity contribution is 5.40. The number of nitrogens with zero attached hydrogens (tertiary/aromatic N) is 1. The van der Waals surface area contributed by atoms with Crippen molar-refractivity contribution in [2.45, 2.75) is 78.5 Å². The summed E-state index contributed by atoms with van der Waals surface area (Å²) in [6.45, 7) is 12.7. The van der Waals surface area contributed by atoms with E-state index in [1.54, 1.807) is 0 Å². The van der Waals surface area contributed by atoms with Gasteiger partial charge in [-0.3, -0.25) is 10.3 Å². The minimum absolute atomic E-state index is 0. The lowest BCUT2D eigenvalue weighted by Gasteiger charge is -2.42. The number of nitrogens with one attached hydrogen (secondary N) is 1. The number of quaternary nitrogens is 1. The molecule has 0 bridgehead atoms. The zero-order valence-corrected chi connectivity index (χ0v) is 21.3. The lowest BCUT2D eigenvalue weighted by atomic mass is 10.0. The van der Waals surface area contributed by atoms with Crippen LogP contribution in [0.1, 0.15) is 70.6 Å². The van der Waals surface area contributed by atoms with Gasteiger partial charge in [0, 0.05) is 0 Å². The molecule has 2 rings (SSSR count). The van der Waals surface area contributed by atoms with Crippen molar-refractivity contribution < 1.29 is 26.3 Å². The normalized spacial score (nSPS) is 12.7. The van der Waals surface area contributed by atoms with Gasteiger partial charge in [0.25, 0.3) is 0 Å². The topological polar surface area (TPSA) is 21.3 Å². The fourth-order valence-corrected chi connectivity index (χ4v) is 3.79. The molecular formula is C26H41BrN2O. The first kappa shape index (κ1) is 26.7. The molecule has 0 amide bonds. The van der Waals surface area contributed by atoms with Gasteiger partial charge in [0.1, 0.15) is 6.10 Å². The number of hydrogen-bond donors (Lipinski definition) is 1. The van der Waals surface area contributed by atoms with Crippen LogP contribution in [-0.2, 0) is 4.84 Å². The summed E-state index contributed by atoms with van der Waals surface area (Å²) >= 11 is 0. The highest BCUT2D eigenvalue weighted by Gasteiger charge is 2.28. The summed E-state index contributed by atoms with van der Waals surface area (Å²) in [5.41, 5.74) is 6.66. The number of anilines is 1. The Kier molecular flexibility index (Phi) is 11.7. The third-order valence-corrected chi connectivity index (χ3v) is 6.51. The molecular weight excluding hydrogens is 436 g/mol. The number of halogens is 1. The Hall–Kier alpha value is -1.36. The van der Waals surface area contributed by atoms with E-state index in [1.165, 1.54) is 36.9 Å². The Balaban J connectivity index is 0.00000450. The average Bonchev–Trinajstić information content (AvgIpc) is 2.71. The summed E-state index contributed by atoms with van der Waals surface area (Å²) in [5.74, 6) is 0. The average molecular weight is 478 g/mol. The molecule has 2 aromatic carbocycles. The number of aryl methyl sites for hydroxylation is 1. The Labute approximate surface area is 195 Å². The van der Waals surface area contributed by atoms with Crippen molar-refractivity contribution in [3.63, 3.8) is 0 Å². The highest BCUT2D eigenvalue weighted by Crippen LogP contribution is 2.26. The molecule has 30 heavy (non-hydrogen) atoms. The van der Waals surface area contributed by atoms with Crippen LogP contribution < -0.4 is 22.5 Å². The lowest BCUT2D eigenvalue weighted by Crippen LogP contribution is -3.00. The number of hydrogen-bond acceptors (Lipinski definition) is 2. The maximum atomic E-state index is 6.12. The van der Waals surface area contributed by atoms with E-state index in [0.717, 1.165) is 16.6 Å². The standard InChI is InChI=1S/C26H41N2O.BrH/c1-21(2)28(6,22(3)4)20-12-8-11-15-26(24-18-16-23(5)17-19-24)29-27-25-13-9-7-10-14-25;/h7,9-10,13-14,16-19,21-22,26-27H,8,11-12,15,20H2,1-6H3;1H/q+1;/p-1. The first-order valence-electron chi connectivity index (χ1n) is 11.2. The Morgan fingerprint density at radius 2 is 1.43 bits per heavy atom. The number of unbranched alkanes of at least 4 members (excludes halogenated alkanes) is 2. The molecule has 0 aliphatic rings. The monoisotopic (exact) mass is 476 g/mol. The van der Waals surface area contributed by atoms with E-state index in [0.29, 0.717) is 12.1 Å². The minimum Gasteiger partial charge on any atom is -1.00 e. The van der Waals surface area contributed by atoms with Crippen molar-refractivity contribution in [3.05, 3.63) is 65.7 Å². The maximum absolute atomic E-state index is 6.12. The second-order valence-corrected chi connectivity index (χ2v) is 9.09. The molecule has 2 aromatic rings. The van der Waals surface area contributed by atoms with E-state index in [4.69, 9.17) is 4.84 Å². The van der Waals surface area contributed by atoms with E-state index in [9.17, 15) is 0 Å². The second-order valence-electron chi connectivity index (χ2n) is 9.09. The van der Waals surface area contributed by atoms with Crippen molar-refractivity contribution in [3.8, 4) is 0 Å². The Morgan fingerprint density at radius 1 is 0.833 bits per heavy atom. The van der Waals surface area contributed by atoms with Crippen LogP contribution in [0.2, 0.25) is 0 Å². The van der Waals surface area contributed by atoms with E-state index in [-0.39, 0.29) is 23.1 Å². The van der Waals surface area contributed by atoms with Gasteiger partial charge in [-0.1, -0.05) is 54.4 Å². The number of para-hydroxylation sites is 1. The minimum atomic E-state index is 0. The van der Waals surface area contributed by atoms with Gasteiger partial charge in [-0.25, -0.2) is 0 Å². The molecule has 0 aliphatic carbocycles. The maximum Gasteiger partial charge on any atom is 0.110 e. The molecule has 4 heteroatoms. The molecule has 0 saturated carbocycles. The van der Waals surface area contributed by atoms with Gasteiger partial charge in [-0.2, -0.15) is 0 Å². The van der Waals surface area contributed by atoms with Crippen molar-refractivity contribution in [1.82, 2.24) is 0 Å². The molecule has 0 heterocycles. The molecule has 0 spiro atoms. The van der Waals surface area contributed by atoms with Crippen LogP contribution in [0.4, 0.5) is 5.69 Å². The third kappa shape index (κ3) is 8.05. The zero-order chi connectivity index (χ0) is 21.3. The molecule has 0 saturated heterocycles. The molecule has 0 radical (unpaired) electrons. The first-order valence-corrected chi connectivity index (χ1v) is 11.2. The van der Waals surface area contributed by atoms with E-state index in [1.807, 2.05) is 30.3 Å². The quantitative estimate of drug-likeness (QED) is 0.284. The van der Waals surface area contributed by atoms with Crippen LogP contribution in [0, 0.1) is 6.92 Å². The van der Waals surface area contributed by atoms with Crippen molar-refractivity contribution in [2.24, 2.45) is 0 Å². The Bertz CT molecular complexity index is 693. The summed E-state index contributed by atoms with van der Waals surface area (Å²) in [4.78, 5) is 6.12.